The molecule has 1 aliphatic carbocycles. The molecule has 2 N–H and O–H groups in total. The van der Waals surface area contributed by atoms with E-state index in [9.17, 15) is 14.0 Å². The third-order valence-corrected chi connectivity index (χ3v) is 4.44. The highest BCUT2D eigenvalue weighted by Crippen LogP contribution is 2.48. The van der Waals surface area contributed by atoms with E-state index >= 15 is 0 Å². The van der Waals surface area contributed by atoms with E-state index in [-0.39, 0.29) is 11.7 Å². The van der Waals surface area contributed by atoms with Gasteiger partial charge in [-0.25, -0.2) is 9.18 Å². The molecule has 0 aromatic heterocycles. The first-order valence-electron chi connectivity index (χ1n) is 6.78. The summed E-state index contributed by atoms with van der Waals surface area (Å²) >= 11 is 1.54. The average molecular weight is 311 g/mol. The quantitative estimate of drug-likeness (QED) is 0.810. The summed E-state index contributed by atoms with van der Waals surface area (Å²) < 4.78 is 13.0. The maximum atomic E-state index is 13.0. The molecule has 4 nitrogen and oxygen atoms in total. The normalized spacial score (nSPS) is 17.0. The SMILES string of the molecule is CSCC[C@@H](NC(=O)C1(c2ccc(F)cc2)CC1)C(=O)O. The van der Waals surface area contributed by atoms with Gasteiger partial charge in [-0.15, -0.1) is 0 Å². The number of carbonyl (C=O) groups excluding carboxylic acids is 1. The van der Waals surface area contributed by atoms with Crippen molar-refractivity contribution in [1.82, 2.24) is 5.32 Å². The van der Waals surface area contributed by atoms with E-state index < -0.39 is 17.4 Å². The minimum Gasteiger partial charge on any atom is -0.480 e. The summed E-state index contributed by atoms with van der Waals surface area (Å²) in [6.45, 7) is 0. The van der Waals surface area contributed by atoms with E-state index in [2.05, 4.69) is 5.32 Å². The lowest BCUT2D eigenvalue weighted by molar-refractivity contribution is -0.142. The molecule has 1 aromatic carbocycles. The van der Waals surface area contributed by atoms with Crippen molar-refractivity contribution >= 4 is 23.6 Å². The zero-order valence-corrected chi connectivity index (χ0v) is 12.6. The zero-order chi connectivity index (χ0) is 15.5. The Morgan fingerprint density at radius 3 is 2.48 bits per heavy atom. The van der Waals surface area contributed by atoms with Crippen molar-refractivity contribution < 1.29 is 19.1 Å². The van der Waals surface area contributed by atoms with Crippen molar-refractivity contribution in [3.05, 3.63) is 35.6 Å². The summed E-state index contributed by atoms with van der Waals surface area (Å²) in [7, 11) is 0. The lowest BCUT2D eigenvalue weighted by Crippen LogP contribution is -2.45. The lowest BCUT2D eigenvalue weighted by Gasteiger charge is -2.20. The number of carboxylic acid groups (broad SMARTS) is 1. The van der Waals surface area contributed by atoms with Gasteiger partial charge in [0.25, 0.3) is 0 Å². The number of hydrogen-bond donors (Lipinski definition) is 2. The van der Waals surface area contributed by atoms with Crippen LogP contribution in [0, 0.1) is 5.82 Å². The smallest absolute Gasteiger partial charge is 0.326 e. The Balaban J connectivity index is 2.08. The highest BCUT2D eigenvalue weighted by Gasteiger charge is 2.51. The van der Waals surface area contributed by atoms with Crippen molar-refractivity contribution in [1.29, 1.82) is 0 Å². The van der Waals surface area contributed by atoms with E-state index in [0.29, 0.717) is 25.0 Å². The van der Waals surface area contributed by atoms with Gasteiger partial charge in [-0.1, -0.05) is 12.1 Å². The molecule has 1 aromatic rings. The first kappa shape index (κ1) is 15.8. The number of halogens is 1. The molecule has 1 atom stereocenters. The van der Waals surface area contributed by atoms with E-state index in [4.69, 9.17) is 5.11 Å². The molecule has 1 amide bonds. The Morgan fingerprint density at radius 2 is 2.00 bits per heavy atom. The van der Waals surface area contributed by atoms with Crippen LogP contribution in [0.1, 0.15) is 24.8 Å². The predicted molar refractivity (Wildman–Crippen MR) is 79.9 cm³/mol. The number of carbonyl (C=O) groups is 2. The van der Waals surface area contributed by atoms with Crippen molar-refractivity contribution in [3.8, 4) is 0 Å². The molecule has 0 saturated heterocycles. The molecule has 0 aliphatic heterocycles. The number of thioether (sulfide) groups is 1. The van der Waals surface area contributed by atoms with Crippen LogP contribution in [0.3, 0.4) is 0 Å². The summed E-state index contributed by atoms with van der Waals surface area (Å²) in [5, 5.41) is 11.8. The molecule has 0 unspecified atom stereocenters. The summed E-state index contributed by atoms with van der Waals surface area (Å²) in [6.07, 6.45) is 3.61. The van der Waals surface area contributed by atoms with E-state index in [1.807, 2.05) is 6.26 Å². The average Bonchev–Trinajstić information content (AvgIpc) is 3.25. The van der Waals surface area contributed by atoms with Gasteiger partial charge < -0.3 is 10.4 Å². The summed E-state index contributed by atoms with van der Waals surface area (Å²) in [5.74, 6) is -0.978. The summed E-state index contributed by atoms with van der Waals surface area (Å²) in [5.41, 5.74) is 0.0659. The molecule has 0 radical (unpaired) electrons. The Kier molecular flexibility index (Phi) is 4.88. The standard InChI is InChI=1S/C15H18FNO3S/c1-21-9-6-12(13(18)19)17-14(20)15(7-8-15)10-2-4-11(16)5-3-10/h2-5,12H,6-9H2,1H3,(H,17,20)(H,18,19)/t12-/m1/s1. The molecule has 1 saturated carbocycles. The second-order valence-electron chi connectivity index (χ2n) is 5.23. The Labute approximate surface area is 127 Å². The number of amides is 1. The highest BCUT2D eigenvalue weighted by atomic mass is 32.2. The Morgan fingerprint density at radius 1 is 1.38 bits per heavy atom. The van der Waals surface area contributed by atoms with Gasteiger partial charge in [0, 0.05) is 0 Å². The number of benzene rings is 1. The van der Waals surface area contributed by atoms with Gasteiger partial charge in [-0.2, -0.15) is 11.8 Å². The number of aliphatic carboxylic acids is 1. The second kappa shape index (κ2) is 6.47. The van der Waals surface area contributed by atoms with Crippen LogP contribution in [0.4, 0.5) is 4.39 Å². The molecular formula is C15H18FNO3S. The fourth-order valence-corrected chi connectivity index (χ4v) is 2.80. The van der Waals surface area contributed by atoms with Gasteiger partial charge in [0.1, 0.15) is 11.9 Å². The third kappa shape index (κ3) is 3.56. The largest absolute Gasteiger partial charge is 0.480 e. The first-order chi connectivity index (χ1) is 9.99. The van der Waals surface area contributed by atoms with Crippen LogP contribution in [-0.2, 0) is 15.0 Å². The van der Waals surface area contributed by atoms with Gasteiger partial charge in [0.15, 0.2) is 0 Å². The minimum atomic E-state index is -1.02. The van der Waals surface area contributed by atoms with Crippen LogP contribution < -0.4 is 5.32 Å². The zero-order valence-electron chi connectivity index (χ0n) is 11.8. The molecule has 0 bridgehead atoms. The van der Waals surface area contributed by atoms with Gasteiger partial charge in [-0.05, 0) is 49.0 Å². The molecule has 1 aliphatic rings. The molecule has 0 heterocycles. The fourth-order valence-electron chi connectivity index (χ4n) is 2.33. The van der Waals surface area contributed by atoms with Crippen LogP contribution in [0.25, 0.3) is 0 Å². The molecular weight excluding hydrogens is 293 g/mol. The van der Waals surface area contributed by atoms with Gasteiger partial charge in [-0.3, -0.25) is 4.79 Å². The second-order valence-corrected chi connectivity index (χ2v) is 6.22. The molecule has 21 heavy (non-hydrogen) atoms. The van der Waals surface area contributed by atoms with E-state index in [1.54, 1.807) is 12.1 Å². The van der Waals surface area contributed by atoms with Crippen LogP contribution in [-0.4, -0.2) is 35.0 Å². The first-order valence-corrected chi connectivity index (χ1v) is 8.18. The molecule has 114 valence electrons. The van der Waals surface area contributed by atoms with E-state index in [1.165, 1.54) is 23.9 Å². The van der Waals surface area contributed by atoms with Crippen molar-refractivity contribution in [2.75, 3.05) is 12.0 Å². The van der Waals surface area contributed by atoms with Gasteiger partial charge in [0.05, 0.1) is 5.41 Å². The Bertz CT molecular complexity index is 528. The number of rotatable bonds is 7. The fraction of sp³-hybridized carbons (Fsp3) is 0.467. The predicted octanol–water partition coefficient (Wildman–Crippen LogP) is 2.18. The maximum Gasteiger partial charge on any atom is 0.326 e. The van der Waals surface area contributed by atoms with Crippen LogP contribution in [0.2, 0.25) is 0 Å². The van der Waals surface area contributed by atoms with E-state index in [0.717, 1.165) is 5.56 Å². The third-order valence-electron chi connectivity index (χ3n) is 3.80. The highest BCUT2D eigenvalue weighted by molar-refractivity contribution is 7.98. The molecule has 6 heteroatoms. The summed E-state index contributed by atoms with van der Waals surface area (Å²) in [4.78, 5) is 23.6. The number of nitrogens with one attached hydrogen (secondary N) is 1. The maximum absolute atomic E-state index is 13.0. The molecule has 2 rings (SSSR count). The van der Waals surface area contributed by atoms with Crippen molar-refractivity contribution in [2.24, 2.45) is 0 Å². The monoisotopic (exact) mass is 311 g/mol. The topological polar surface area (TPSA) is 66.4 Å². The van der Waals surface area contributed by atoms with Gasteiger partial charge in [0.2, 0.25) is 5.91 Å². The van der Waals surface area contributed by atoms with Crippen molar-refractivity contribution in [3.63, 3.8) is 0 Å². The van der Waals surface area contributed by atoms with Crippen LogP contribution in [0.15, 0.2) is 24.3 Å². The Hall–Kier alpha value is -1.56. The molecule has 0 spiro atoms. The minimum absolute atomic E-state index is 0.275. The molecule has 1 fully saturated rings. The van der Waals surface area contributed by atoms with Crippen LogP contribution in [0.5, 0.6) is 0 Å². The summed E-state index contributed by atoms with van der Waals surface area (Å²) in [6, 6.07) is 4.97. The number of hydrogen-bond acceptors (Lipinski definition) is 3. The van der Waals surface area contributed by atoms with Gasteiger partial charge >= 0.3 is 5.97 Å². The lowest BCUT2D eigenvalue weighted by atomic mass is 9.94. The van der Waals surface area contributed by atoms with Crippen LogP contribution >= 0.6 is 11.8 Å². The van der Waals surface area contributed by atoms with Crippen molar-refractivity contribution in [2.45, 2.75) is 30.7 Å². The number of carboxylic acids is 1.